The van der Waals surface area contributed by atoms with Gasteiger partial charge in [0.1, 0.15) is 0 Å². The molecule has 1 aromatic rings. The Labute approximate surface area is 192 Å². The molecule has 0 amide bonds. The standard InChI is InChI=1S/C23H35BrO5S/c1-29-23(28)11-5-3-2-4-8-17-18(21(27)14-20(17)26)13-12-16(25)15-30-22-10-7-6-9-19(22)24/h6-7,9-10,16-18,20-21,25-27H,2-5,8,11-15H2,1H3/t16?,17-,18?,20+,21-/m1/s1. The summed E-state index contributed by atoms with van der Waals surface area (Å²) in [5.41, 5.74) is 0. The van der Waals surface area contributed by atoms with Gasteiger partial charge < -0.3 is 20.1 Å². The first-order valence-electron chi connectivity index (χ1n) is 10.9. The highest BCUT2D eigenvalue weighted by Crippen LogP contribution is 2.39. The lowest BCUT2D eigenvalue weighted by Crippen LogP contribution is -2.24. The number of aliphatic hydroxyl groups is 3. The summed E-state index contributed by atoms with van der Waals surface area (Å²) in [6.45, 7) is 0. The molecule has 0 aromatic heterocycles. The van der Waals surface area contributed by atoms with Crippen LogP contribution < -0.4 is 0 Å². The Kier molecular flexibility index (Phi) is 11.7. The van der Waals surface area contributed by atoms with E-state index < -0.39 is 18.3 Å². The molecule has 0 bridgehead atoms. The van der Waals surface area contributed by atoms with Crippen molar-refractivity contribution in [3.63, 3.8) is 0 Å². The van der Waals surface area contributed by atoms with E-state index in [0.29, 0.717) is 25.0 Å². The number of esters is 1. The fourth-order valence-electron chi connectivity index (χ4n) is 4.30. The number of unbranched alkanes of at least 4 members (excludes halogenated alkanes) is 3. The Morgan fingerprint density at radius 1 is 1.13 bits per heavy atom. The number of hydrogen-bond donors (Lipinski definition) is 3. The largest absolute Gasteiger partial charge is 0.469 e. The molecule has 0 saturated heterocycles. The monoisotopic (exact) mass is 502 g/mol. The van der Waals surface area contributed by atoms with Gasteiger partial charge in [-0.1, -0.05) is 31.4 Å². The second kappa shape index (κ2) is 13.7. The minimum atomic E-state index is -0.493. The zero-order chi connectivity index (χ0) is 21.9. The lowest BCUT2D eigenvalue weighted by molar-refractivity contribution is -0.140. The van der Waals surface area contributed by atoms with Crippen LogP contribution >= 0.6 is 27.7 Å². The van der Waals surface area contributed by atoms with Gasteiger partial charge in [-0.3, -0.25) is 4.79 Å². The number of hydrogen-bond acceptors (Lipinski definition) is 6. The Balaban J connectivity index is 1.70. The van der Waals surface area contributed by atoms with Crippen LogP contribution in [0.1, 0.15) is 57.8 Å². The van der Waals surface area contributed by atoms with E-state index in [2.05, 4.69) is 20.7 Å². The van der Waals surface area contributed by atoms with Crippen LogP contribution in [0.2, 0.25) is 0 Å². The minimum Gasteiger partial charge on any atom is -0.469 e. The van der Waals surface area contributed by atoms with Crippen LogP contribution in [0, 0.1) is 11.8 Å². The lowest BCUT2D eigenvalue weighted by atomic mass is 9.85. The van der Waals surface area contributed by atoms with Crippen LogP contribution in [0.15, 0.2) is 33.6 Å². The molecule has 0 aliphatic heterocycles. The molecule has 0 radical (unpaired) electrons. The first-order valence-corrected chi connectivity index (χ1v) is 12.7. The molecule has 1 fully saturated rings. The predicted molar refractivity (Wildman–Crippen MR) is 123 cm³/mol. The third kappa shape index (κ3) is 8.50. The molecule has 1 aliphatic rings. The van der Waals surface area contributed by atoms with E-state index in [4.69, 9.17) is 0 Å². The van der Waals surface area contributed by atoms with E-state index in [1.807, 2.05) is 24.3 Å². The van der Waals surface area contributed by atoms with E-state index >= 15 is 0 Å². The SMILES string of the molecule is COC(=O)CCCCCC[C@@H]1C(CCC(O)CSc2ccccc2Br)[C@H](O)C[C@@H]1O. The van der Waals surface area contributed by atoms with Gasteiger partial charge in [-0.25, -0.2) is 0 Å². The zero-order valence-corrected chi connectivity index (χ0v) is 20.1. The quantitative estimate of drug-likeness (QED) is 0.208. The number of carbonyl (C=O) groups excluding carboxylic acids is 1. The van der Waals surface area contributed by atoms with E-state index in [1.54, 1.807) is 11.8 Å². The predicted octanol–water partition coefficient (Wildman–Crippen LogP) is 4.55. The van der Waals surface area contributed by atoms with Crippen molar-refractivity contribution >= 4 is 33.7 Å². The minimum absolute atomic E-state index is 0.0400. The molecule has 0 heterocycles. The van der Waals surface area contributed by atoms with Crippen LogP contribution in [0.3, 0.4) is 0 Å². The third-order valence-corrected chi connectivity index (χ3v) is 8.19. The van der Waals surface area contributed by atoms with Gasteiger partial charge in [0.15, 0.2) is 0 Å². The summed E-state index contributed by atoms with van der Waals surface area (Å²) in [5, 5.41) is 31.2. The van der Waals surface area contributed by atoms with Crippen molar-refractivity contribution in [2.24, 2.45) is 11.8 Å². The Morgan fingerprint density at radius 3 is 2.50 bits per heavy atom. The second-order valence-corrected chi connectivity index (χ2v) is 10.1. The number of halogens is 1. The smallest absolute Gasteiger partial charge is 0.305 e. The van der Waals surface area contributed by atoms with Crippen molar-refractivity contribution in [1.82, 2.24) is 0 Å². The number of benzene rings is 1. The van der Waals surface area contributed by atoms with Crippen LogP contribution in [0.4, 0.5) is 0 Å². The topological polar surface area (TPSA) is 87.0 Å². The van der Waals surface area contributed by atoms with E-state index in [-0.39, 0.29) is 17.8 Å². The van der Waals surface area contributed by atoms with Gasteiger partial charge in [0.05, 0.1) is 25.4 Å². The van der Waals surface area contributed by atoms with Crippen LogP contribution in [-0.2, 0) is 9.53 Å². The summed E-state index contributed by atoms with van der Waals surface area (Å²) >= 11 is 5.15. The average Bonchev–Trinajstić information content (AvgIpc) is 3.00. The van der Waals surface area contributed by atoms with Gasteiger partial charge in [0.25, 0.3) is 0 Å². The second-order valence-electron chi connectivity index (χ2n) is 8.20. The van der Waals surface area contributed by atoms with Gasteiger partial charge >= 0.3 is 5.97 Å². The van der Waals surface area contributed by atoms with Gasteiger partial charge in [-0.2, -0.15) is 0 Å². The molecule has 0 spiro atoms. The molecular weight excluding hydrogens is 468 g/mol. The first-order chi connectivity index (χ1) is 14.4. The Bertz CT molecular complexity index is 644. The molecule has 170 valence electrons. The number of methoxy groups -OCH3 is 1. The van der Waals surface area contributed by atoms with Crippen molar-refractivity contribution in [2.45, 2.75) is 81.0 Å². The fraction of sp³-hybridized carbons (Fsp3) is 0.696. The molecular formula is C23H35BrO5S. The van der Waals surface area contributed by atoms with Crippen molar-refractivity contribution in [3.05, 3.63) is 28.7 Å². The molecule has 2 rings (SSSR count). The molecule has 1 aliphatic carbocycles. The molecule has 1 saturated carbocycles. The Hall–Kier alpha value is -0.600. The number of ether oxygens (including phenoxy) is 1. The van der Waals surface area contributed by atoms with Crippen molar-refractivity contribution in [1.29, 1.82) is 0 Å². The average molecular weight is 503 g/mol. The highest BCUT2D eigenvalue weighted by atomic mass is 79.9. The van der Waals surface area contributed by atoms with Crippen molar-refractivity contribution in [2.75, 3.05) is 12.9 Å². The van der Waals surface area contributed by atoms with Gasteiger partial charge in [-0.15, -0.1) is 11.8 Å². The fourth-order valence-corrected chi connectivity index (χ4v) is 5.85. The summed E-state index contributed by atoms with van der Waals surface area (Å²) < 4.78 is 5.68. The number of aliphatic hydroxyl groups excluding tert-OH is 3. The molecule has 5 atom stereocenters. The van der Waals surface area contributed by atoms with Gasteiger partial charge in [0.2, 0.25) is 0 Å². The maximum absolute atomic E-state index is 11.1. The summed E-state index contributed by atoms with van der Waals surface area (Å²) in [4.78, 5) is 12.2. The lowest BCUT2D eigenvalue weighted by Gasteiger charge is -2.24. The number of thioether (sulfide) groups is 1. The van der Waals surface area contributed by atoms with Crippen LogP contribution in [0.25, 0.3) is 0 Å². The first kappa shape index (κ1) is 25.7. The van der Waals surface area contributed by atoms with Gasteiger partial charge in [-0.05, 0) is 72.0 Å². The van der Waals surface area contributed by atoms with Crippen LogP contribution in [0.5, 0.6) is 0 Å². The summed E-state index contributed by atoms with van der Waals surface area (Å²) in [6.07, 6.45) is 5.50. The molecule has 30 heavy (non-hydrogen) atoms. The maximum Gasteiger partial charge on any atom is 0.305 e. The summed E-state index contributed by atoms with van der Waals surface area (Å²) in [6, 6.07) is 7.97. The van der Waals surface area contributed by atoms with Crippen LogP contribution in [-0.4, -0.2) is 52.5 Å². The third-order valence-electron chi connectivity index (χ3n) is 6.02. The van der Waals surface area contributed by atoms with Crippen molar-refractivity contribution < 1.29 is 24.9 Å². The zero-order valence-electron chi connectivity index (χ0n) is 17.7. The molecule has 7 heteroatoms. The Morgan fingerprint density at radius 2 is 1.80 bits per heavy atom. The van der Waals surface area contributed by atoms with E-state index in [0.717, 1.165) is 47.9 Å². The summed E-state index contributed by atoms with van der Waals surface area (Å²) in [5.74, 6) is 0.571. The number of rotatable bonds is 13. The summed E-state index contributed by atoms with van der Waals surface area (Å²) in [7, 11) is 1.41. The highest BCUT2D eigenvalue weighted by Gasteiger charge is 2.40. The normalized spacial score (nSPS) is 24.7. The molecule has 1 aromatic carbocycles. The molecule has 3 N–H and O–H groups in total. The number of carbonyl (C=O) groups is 1. The van der Waals surface area contributed by atoms with E-state index in [9.17, 15) is 20.1 Å². The molecule has 2 unspecified atom stereocenters. The van der Waals surface area contributed by atoms with E-state index in [1.165, 1.54) is 7.11 Å². The highest BCUT2D eigenvalue weighted by molar-refractivity contribution is 9.10. The molecule has 5 nitrogen and oxygen atoms in total. The van der Waals surface area contributed by atoms with Crippen molar-refractivity contribution in [3.8, 4) is 0 Å². The maximum atomic E-state index is 11.1. The van der Waals surface area contributed by atoms with Gasteiger partial charge in [0, 0.05) is 21.5 Å².